The van der Waals surface area contributed by atoms with Crippen molar-refractivity contribution < 1.29 is 14.3 Å². The number of carbonyl (C=O) groups is 2. The van der Waals surface area contributed by atoms with Crippen LogP contribution in [0, 0.1) is 0 Å². The van der Waals surface area contributed by atoms with E-state index in [0.717, 1.165) is 0 Å². The first-order valence-electron chi connectivity index (χ1n) is 5.69. The topological polar surface area (TPSA) is 68.3 Å². The molecule has 0 saturated carbocycles. The highest BCUT2D eigenvalue weighted by Gasteiger charge is 2.10. The highest BCUT2D eigenvalue weighted by atomic mass is 35.5. The summed E-state index contributed by atoms with van der Waals surface area (Å²) in [4.78, 5) is 26.5. The number of rotatable bonds is 6. The summed E-state index contributed by atoms with van der Waals surface area (Å²) in [6.45, 7) is 2.52. The zero-order valence-corrected chi connectivity index (χ0v) is 10.9. The Morgan fingerprint density at radius 1 is 1.50 bits per heavy atom. The number of hydrogen-bond acceptors (Lipinski definition) is 4. The molecule has 1 rings (SSSR count). The third kappa shape index (κ3) is 4.71. The molecule has 0 saturated heterocycles. The molecule has 1 aromatic rings. The lowest BCUT2D eigenvalue weighted by molar-refractivity contribution is -0.143. The second kappa shape index (κ2) is 7.66. The smallest absolute Gasteiger partial charge is 0.305 e. The Kier molecular flexibility index (Phi) is 6.14. The number of hydrogen-bond donors (Lipinski definition) is 1. The average Bonchev–Trinajstić information content (AvgIpc) is 2.35. The van der Waals surface area contributed by atoms with Gasteiger partial charge in [0.25, 0.3) is 5.91 Å². The number of ether oxygens (including phenoxy) is 1. The molecule has 0 fully saturated rings. The molecule has 0 unspecified atom stereocenters. The van der Waals surface area contributed by atoms with Crippen LogP contribution in [0.15, 0.2) is 18.3 Å². The summed E-state index contributed by atoms with van der Waals surface area (Å²) in [5.41, 5.74) is 0.329. The van der Waals surface area contributed by atoms with Gasteiger partial charge in [0, 0.05) is 19.2 Å². The lowest BCUT2D eigenvalue weighted by Gasteiger charge is -2.05. The van der Waals surface area contributed by atoms with E-state index in [4.69, 9.17) is 16.3 Å². The highest BCUT2D eigenvalue weighted by molar-refractivity contribution is 6.32. The van der Waals surface area contributed by atoms with Crippen LogP contribution in [0.3, 0.4) is 0 Å². The molecule has 0 aliphatic carbocycles. The fourth-order valence-corrected chi connectivity index (χ4v) is 1.52. The Bertz CT molecular complexity index is 424. The molecule has 1 N–H and O–H groups in total. The Morgan fingerprint density at radius 3 is 2.94 bits per heavy atom. The summed E-state index contributed by atoms with van der Waals surface area (Å²) >= 11 is 5.78. The van der Waals surface area contributed by atoms with Crippen molar-refractivity contribution >= 4 is 23.5 Å². The molecular weight excluding hydrogens is 256 g/mol. The Balaban J connectivity index is 2.30. The second-order valence-corrected chi connectivity index (χ2v) is 3.86. The predicted octanol–water partition coefficient (Wildman–Crippen LogP) is 1.81. The van der Waals surface area contributed by atoms with E-state index in [1.165, 1.54) is 6.20 Å². The lowest BCUT2D eigenvalue weighted by atomic mass is 10.2. The van der Waals surface area contributed by atoms with Crippen molar-refractivity contribution in [2.45, 2.75) is 19.8 Å². The zero-order valence-electron chi connectivity index (χ0n) is 10.1. The van der Waals surface area contributed by atoms with Gasteiger partial charge in [-0.15, -0.1) is 0 Å². The normalized spacial score (nSPS) is 9.89. The summed E-state index contributed by atoms with van der Waals surface area (Å²) in [6.07, 6.45) is 2.33. The van der Waals surface area contributed by atoms with E-state index in [1.54, 1.807) is 19.1 Å². The Labute approximate surface area is 110 Å². The molecule has 98 valence electrons. The van der Waals surface area contributed by atoms with E-state index in [0.29, 0.717) is 25.1 Å². The molecule has 0 aliphatic heterocycles. The molecule has 6 heteroatoms. The van der Waals surface area contributed by atoms with Gasteiger partial charge in [-0.3, -0.25) is 9.59 Å². The fraction of sp³-hybridized carbons (Fsp3) is 0.417. The third-order valence-corrected chi connectivity index (χ3v) is 2.45. The first-order chi connectivity index (χ1) is 8.65. The monoisotopic (exact) mass is 270 g/mol. The van der Waals surface area contributed by atoms with Crippen LogP contribution in [0.5, 0.6) is 0 Å². The minimum absolute atomic E-state index is 0.167. The van der Waals surface area contributed by atoms with Crippen LogP contribution >= 0.6 is 11.6 Å². The molecule has 1 amide bonds. The van der Waals surface area contributed by atoms with Crippen molar-refractivity contribution in [1.82, 2.24) is 10.3 Å². The van der Waals surface area contributed by atoms with E-state index in [1.807, 2.05) is 0 Å². The van der Waals surface area contributed by atoms with Crippen molar-refractivity contribution in [3.63, 3.8) is 0 Å². The van der Waals surface area contributed by atoms with Crippen molar-refractivity contribution in [2.75, 3.05) is 13.2 Å². The van der Waals surface area contributed by atoms with Crippen LogP contribution in [0.1, 0.15) is 30.1 Å². The lowest BCUT2D eigenvalue weighted by Crippen LogP contribution is -2.25. The number of esters is 1. The van der Waals surface area contributed by atoms with Gasteiger partial charge in [-0.25, -0.2) is 4.98 Å². The van der Waals surface area contributed by atoms with Gasteiger partial charge in [0.1, 0.15) is 5.15 Å². The van der Waals surface area contributed by atoms with Gasteiger partial charge in [-0.05, 0) is 25.5 Å². The molecule has 0 aliphatic rings. The number of nitrogens with one attached hydrogen (secondary N) is 1. The van der Waals surface area contributed by atoms with Gasteiger partial charge in [0.2, 0.25) is 0 Å². The van der Waals surface area contributed by atoms with E-state index in [2.05, 4.69) is 10.3 Å². The maximum Gasteiger partial charge on any atom is 0.305 e. The summed E-state index contributed by atoms with van der Waals surface area (Å²) in [5.74, 6) is -0.553. The van der Waals surface area contributed by atoms with E-state index in [-0.39, 0.29) is 23.5 Å². The molecular formula is C12H15ClN2O3. The minimum Gasteiger partial charge on any atom is -0.466 e. The van der Waals surface area contributed by atoms with Crippen molar-refractivity contribution in [3.05, 3.63) is 29.0 Å². The number of pyridine rings is 1. The van der Waals surface area contributed by atoms with Gasteiger partial charge in [0.05, 0.1) is 12.2 Å². The van der Waals surface area contributed by atoms with Crippen LogP contribution in [-0.4, -0.2) is 30.0 Å². The van der Waals surface area contributed by atoms with E-state index in [9.17, 15) is 9.59 Å². The second-order valence-electron chi connectivity index (χ2n) is 3.51. The number of amides is 1. The molecule has 1 heterocycles. The largest absolute Gasteiger partial charge is 0.466 e. The summed E-state index contributed by atoms with van der Waals surface area (Å²) in [6, 6.07) is 3.23. The van der Waals surface area contributed by atoms with Crippen LogP contribution in [-0.2, 0) is 9.53 Å². The number of carbonyl (C=O) groups excluding carboxylic acids is 2. The molecule has 18 heavy (non-hydrogen) atoms. The zero-order chi connectivity index (χ0) is 13.4. The summed E-state index contributed by atoms with van der Waals surface area (Å²) in [7, 11) is 0. The molecule has 0 aromatic carbocycles. The van der Waals surface area contributed by atoms with Crippen molar-refractivity contribution in [1.29, 1.82) is 0 Å². The van der Waals surface area contributed by atoms with Crippen LogP contribution in [0.25, 0.3) is 0 Å². The predicted molar refractivity (Wildman–Crippen MR) is 67.4 cm³/mol. The van der Waals surface area contributed by atoms with E-state index < -0.39 is 0 Å². The van der Waals surface area contributed by atoms with Crippen molar-refractivity contribution in [2.24, 2.45) is 0 Å². The fourth-order valence-electron chi connectivity index (χ4n) is 1.32. The highest BCUT2D eigenvalue weighted by Crippen LogP contribution is 2.10. The standard InChI is InChI=1S/C12H15ClN2O3/c1-2-18-10(16)6-4-8-15-12(17)9-5-3-7-14-11(9)13/h3,5,7H,2,4,6,8H2,1H3,(H,15,17). The van der Waals surface area contributed by atoms with E-state index >= 15 is 0 Å². The average molecular weight is 271 g/mol. The van der Waals surface area contributed by atoms with Crippen LogP contribution in [0.2, 0.25) is 5.15 Å². The van der Waals surface area contributed by atoms with Gasteiger partial charge in [-0.1, -0.05) is 11.6 Å². The van der Waals surface area contributed by atoms with Gasteiger partial charge in [-0.2, -0.15) is 0 Å². The minimum atomic E-state index is -0.294. The first-order valence-corrected chi connectivity index (χ1v) is 6.07. The molecule has 0 bridgehead atoms. The summed E-state index contributed by atoms with van der Waals surface area (Å²) < 4.78 is 4.77. The number of aromatic nitrogens is 1. The molecule has 0 spiro atoms. The van der Waals surface area contributed by atoms with Crippen LogP contribution in [0.4, 0.5) is 0 Å². The number of halogens is 1. The number of nitrogens with zero attached hydrogens (tertiary/aromatic N) is 1. The first kappa shape index (κ1) is 14.4. The van der Waals surface area contributed by atoms with Gasteiger partial charge in [0.15, 0.2) is 0 Å². The SMILES string of the molecule is CCOC(=O)CCCNC(=O)c1cccnc1Cl. The maximum atomic E-state index is 11.7. The van der Waals surface area contributed by atoms with Crippen molar-refractivity contribution in [3.8, 4) is 0 Å². The maximum absolute atomic E-state index is 11.7. The van der Waals surface area contributed by atoms with Crippen LogP contribution < -0.4 is 5.32 Å². The Hall–Kier alpha value is -1.62. The quantitative estimate of drug-likeness (QED) is 0.486. The Morgan fingerprint density at radius 2 is 2.28 bits per heavy atom. The third-order valence-electron chi connectivity index (χ3n) is 2.15. The molecule has 5 nitrogen and oxygen atoms in total. The molecule has 0 radical (unpaired) electrons. The molecule has 1 aromatic heterocycles. The summed E-state index contributed by atoms with van der Waals surface area (Å²) in [5, 5.41) is 2.83. The van der Waals surface area contributed by atoms with Gasteiger partial charge >= 0.3 is 5.97 Å². The van der Waals surface area contributed by atoms with Gasteiger partial charge < -0.3 is 10.1 Å². The molecule has 0 atom stereocenters.